The first-order valence-corrected chi connectivity index (χ1v) is 8.40. The number of carbonyl (C=O) groups is 2. The Hall–Kier alpha value is -2.08. The Balaban J connectivity index is 1.71. The summed E-state index contributed by atoms with van der Waals surface area (Å²) in [6.07, 6.45) is 2.33. The summed E-state index contributed by atoms with van der Waals surface area (Å²) in [5.41, 5.74) is 0.594. The first-order chi connectivity index (χ1) is 11.6. The maximum absolute atomic E-state index is 12.7. The van der Waals surface area contributed by atoms with Crippen LogP contribution in [0.3, 0.4) is 0 Å². The van der Waals surface area contributed by atoms with Crippen molar-refractivity contribution in [3.05, 3.63) is 35.9 Å². The second-order valence-electron chi connectivity index (χ2n) is 6.56. The highest BCUT2D eigenvalue weighted by atomic mass is 16.6. The van der Waals surface area contributed by atoms with Gasteiger partial charge in [0.2, 0.25) is 0 Å². The Labute approximate surface area is 141 Å². The van der Waals surface area contributed by atoms with E-state index >= 15 is 0 Å². The smallest absolute Gasteiger partial charge is 0.410 e. The summed E-state index contributed by atoms with van der Waals surface area (Å²) >= 11 is 0. The summed E-state index contributed by atoms with van der Waals surface area (Å²) in [6, 6.07) is 9.49. The van der Waals surface area contributed by atoms with Crippen LogP contribution in [0, 0.1) is 5.92 Å². The van der Waals surface area contributed by atoms with Crippen molar-refractivity contribution < 1.29 is 24.2 Å². The first kappa shape index (κ1) is 16.8. The molecule has 2 heterocycles. The van der Waals surface area contributed by atoms with Crippen LogP contribution >= 0.6 is 0 Å². The molecule has 2 fully saturated rings. The molecular formula is C18H23NO5. The van der Waals surface area contributed by atoms with Gasteiger partial charge >= 0.3 is 12.1 Å². The van der Waals surface area contributed by atoms with Crippen LogP contribution in [0.5, 0.6) is 0 Å². The second-order valence-corrected chi connectivity index (χ2v) is 6.56. The highest BCUT2D eigenvalue weighted by Crippen LogP contribution is 2.39. The van der Waals surface area contributed by atoms with Crippen LogP contribution in [0.15, 0.2) is 30.3 Å². The van der Waals surface area contributed by atoms with Gasteiger partial charge in [0.05, 0.1) is 11.5 Å². The maximum Gasteiger partial charge on any atom is 0.410 e. The number of nitrogens with zero attached hydrogens (tertiary/aromatic N) is 1. The van der Waals surface area contributed by atoms with Crippen molar-refractivity contribution in [2.75, 3.05) is 19.8 Å². The zero-order valence-corrected chi connectivity index (χ0v) is 13.6. The third kappa shape index (κ3) is 3.53. The van der Waals surface area contributed by atoms with Crippen LogP contribution in [0.1, 0.15) is 31.2 Å². The maximum atomic E-state index is 12.7. The normalized spacial score (nSPS) is 23.0. The number of carboxylic acids is 1. The van der Waals surface area contributed by atoms with Crippen molar-refractivity contribution in [2.45, 2.75) is 37.8 Å². The summed E-state index contributed by atoms with van der Waals surface area (Å²) in [5, 5.41) is 9.33. The molecule has 24 heavy (non-hydrogen) atoms. The third-order valence-electron chi connectivity index (χ3n) is 5.13. The van der Waals surface area contributed by atoms with Crippen LogP contribution in [0.2, 0.25) is 0 Å². The minimum Gasteiger partial charge on any atom is -0.481 e. The lowest BCUT2D eigenvalue weighted by Gasteiger charge is -2.49. The van der Waals surface area contributed by atoms with E-state index in [-0.39, 0.29) is 18.7 Å². The molecule has 1 spiro atoms. The van der Waals surface area contributed by atoms with Crippen molar-refractivity contribution in [1.82, 2.24) is 4.90 Å². The van der Waals surface area contributed by atoms with Gasteiger partial charge in [0.15, 0.2) is 0 Å². The van der Waals surface area contributed by atoms with Gasteiger partial charge in [-0.3, -0.25) is 4.79 Å². The number of rotatable bonds is 3. The molecule has 0 aromatic heterocycles. The Kier molecular flexibility index (Phi) is 5.04. The van der Waals surface area contributed by atoms with Gasteiger partial charge in [-0.15, -0.1) is 0 Å². The molecule has 2 aliphatic rings. The number of hydrogen-bond acceptors (Lipinski definition) is 4. The van der Waals surface area contributed by atoms with E-state index in [0.29, 0.717) is 26.1 Å². The summed E-state index contributed by atoms with van der Waals surface area (Å²) in [6.45, 7) is 1.60. The summed E-state index contributed by atoms with van der Waals surface area (Å²) in [7, 11) is 0. The van der Waals surface area contributed by atoms with Crippen LogP contribution in [-0.4, -0.2) is 47.4 Å². The number of carboxylic acid groups (broad SMARTS) is 1. The van der Waals surface area contributed by atoms with Crippen molar-refractivity contribution in [1.29, 1.82) is 0 Å². The van der Waals surface area contributed by atoms with Gasteiger partial charge in [0, 0.05) is 19.8 Å². The molecule has 1 aromatic carbocycles. The molecule has 3 rings (SSSR count). The van der Waals surface area contributed by atoms with E-state index in [9.17, 15) is 14.7 Å². The summed E-state index contributed by atoms with van der Waals surface area (Å²) < 4.78 is 10.9. The third-order valence-corrected chi connectivity index (χ3v) is 5.13. The van der Waals surface area contributed by atoms with Gasteiger partial charge in [-0.05, 0) is 31.2 Å². The van der Waals surface area contributed by atoms with Crippen molar-refractivity contribution in [3.8, 4) is 0 Å². The van der Waals surface area contributed by atoms with Gasteiger partial charge in [-0.2, -0.15) is 0 Å². The van der Waals surface area contributed by atoms with E-state index in [1.807, 2.05) is 30.3 Å². The first-order valence-electron chi connectivity index (χ1n) is 8.40. The molecule has 6 nitrogen and oxygen atoms in total. The minimum absolute atomic E-state index is 0.195. The molecular weight excluding hydrogens is 310 g/mol. The number of benzene rings is 1. The molecule has 2 aliphatic heterocycles. The van der Waals surface area contributed by atoms with Gasteiger partial charge < -0.3 is 19.5 Å². The summed E-state index contributed by atoms with van der Waals surface area (Å²) in [4.78, 5) is 25.7. The number of aliphatic carboxylic acids is 1. The average molecular weight is 333 g/mol. The van der Waals surface area contributed by atoms with Crippen LogP contribution in [0.4, 0.5) is 4.79 Å². The molecule has 0 saturated carbocycles. The fraction of sp³-hybridized carbons (Fsp3) is 0.556. The van der Waals surface area contributed by atoms with Gasteiger partial charge in [0.1, 0.15) is 6.61 Å². The highest BCUT2D eigenvalue weighted by molar-refractivity contribution is 5.74. The van der Waals surface area contributed by atoms with Crippen molar-refractivity contribution in [2.24, 2.45) is 5.92 Å². The zero-order valence-electron chi connectivity index (χ0n) is 13.6. The molecule has 1 atom stereocenters. The van der Waals surface area contributed by atoms with Crippen LogP contribution < -0.4 is 0 Å². The molecule has 1 N–H and O–H groups in total. The number of hydrogen-bond donors (Lipinski definition) is 1. The van der Waals surface area contributed by atoms with E-state index in [1.54, 1.807) is 4.90 Å². The molecule has 0 bridgehead atoms. The topological polar surface area (TPSA) is 76.1 Å². The molecule has 1 aromatic rings. The molecule has 130 valence electrons. The van der Waals surface area contributed by atoms with E-state index in [0.717, 1.165) is 18.4 Å². The molecule has 2 saturated heterocycles. The quantitative estimate of drug-likeness (QED) is 0.920. The number of piperidine rings is 1. The molecule has 6 heteroatoms. The van der Waals surface area contributed by atoms with Crippen molar-refractivity contribution in [3.63, 3.8) is 0 Å². The second kappa shape index (κ2) is 7.21. The SMILES string of the molecule is O=C(O)C1CCC2(CCOCC2)N(C(=O)OCc2ccccc2)C1. The number of carbonyl (C=O) groups excluding carboxylic acids is 1. The van der Waals surface area contributed by atoms with Crippen LogP contribution in [0.25, 0.3) is 0 Å². The minimum atomic E-state index is -0.849. The Morgan fingerprint density at radius 1 is 1.21 bits per heavy atom. The van der Waals surface area contributed by atoms with Gasteiger partial charge in [-0.25, -0.2) is 4.79 Å². The Morgan fingerprint density at radius 3 is 2.58 bits per heavy atom. The van der Waals surface area contributed by atoms with E-state index < -0.39 is 18.0 Å². The molecule has 1 amide bonds. The lowest BCUT2D eigenvalue weighted by Crippen LogP contribution is -2.59. The monoisotopic (exact) mass is 333 g/mol. The Morgan fingerprint density at radius 2 is 1.92 bits per heavy atom. The fourth-order valence-electron chi connectivity index (χ4n) is 3.62. The van der Waals surface area contributed by atoms with E-state index in [1.165, 1.54) is 0 Å². The Bertz CT molecular complexity index is 582. The number of ether oxygens (including phenoxy) is 2. The van der Waals surface area contributed by atoms with Gasteiger partial charge in [0.25, 0.3) is 0 Å². The van der Waals surface area contributed by atoms with Gasteiger partial charge in [-0.1, -0.05) is 30.3 Å². The fourth-order valence-corrected chi connectivity index (χ4v) is 3.62. The highest BCUT2D eigenvalue weighted by Gasteiger charge is 2.47. The number of amides is 1. The lowest BCUT2D eigenvalue weighted by atomic mass is 9.77. The number of likely N-dealkylation sites (tertiary alicyclic amines) is 1. The van der Waals surface area contributed by atoms with Crippen molar-refractivity contribution >= 4 is 12.1 Å². The lowest BCUT2D eigenvalue weighted by molar-refractivity contribution is -0.146. The zero-order chi connectivity index (χ0) is 17.0. The molecule has 1 unspecified atom stereocenters. The van der Waals surface area contributed by atoms with E-state index in [4.69, 9.17) is 9.47 Å². The van der Waals surface area contributed by atoms with Crippen LogP contribution in [-0.2, 0) is 20.9 Å². The molecule has 0 radical (unpaired) electrons. The average Bonchev–Trinajstić information content (AvgIpc) is 2.61. The van der Waals surface area contributed by atoms with E-state index in [2.05, 4.69) is 0 Å². The predicted molar refractivity (Wildman–Crippen MR) is 86.5 cm³/mol. The predicted octanol–water partition coefficient (Wildman–Crippen LogP) is 2.67. The standard InChI is InChI=1S/C18H23NO5/c20-16(21)15-6-7-18(8-10-23-11-9-18)19(12-15)17(22)24-13-14-4-2-1-3-5-14/h1-5,15H,6-13H2,(H,20,21). The molecule has 0 aliphatic carbocycles. The largest absolute Gasteiger partial charge is 0.481 e. The summed E-state index contributed by atoms with van der Waals surface area (Å²) in [5.74, 6) is -1.37.